The van der Waals surface area contributed by atoms with Crippen molar-refractivity contribution in [3.05, 3.63) is 137 Å². The summed E-state index contributed by atoms with van der Waals surface area (Å²) in [5.74, 6) is 0.644. The summed E-state index contributed by atoms with van der Waals surface area (Å²) in [6.07, 6.45) is 6.47. The molecule has 1 fully saturated rings. The number of ether oxygens (including phenoxy) is 1. The molecule has 0 bridgehead atoms. The van der Waals surface area contributed by atoms with Crippen LogP contribution in [-0.2, 0) is 40.3 Å². The molecule has 2 aliphatic heterocycles. The van der Waals surface area contributed by atoms with Gasteiger partial charge in [-0.2, -0.15) is 0 Å². The van der Waals surface area contributed by atoms with Gasteiger partial charge in [0.1, 0.15) is 11.9 Å². The Morgan fingerprint density at radius 2 is 1.60 bits per heavy atom. The minimum absolute atomic E-state index is 0.0386. The number of rotatable bonds is 9. The molecule has 230 valence electrons. The Morgan fingerprint density at radius 3 is 2.33 bits per heavy atom. The summed E-state index contributed by atoms with van der Waals surface area (Å²) in [7, 11) is 0. The van der Waals surface area contributed by atoms with Crippen molar-refractivity contribution in [2.45, 2.75) is 38.9 Å². The summed E-state index contributed by atoms with van der Waals surface area (Å²) in [6, 6.07) is 29.6. The second kappa shape index (κ2) is 14.4. The number of fused-ring (bicyclic) bond motifs is 1. The SMILES string of the molecule is Cc1ccc(C=CC(=O)N(Cc2ccc(N3CCOCC3)nc2)[C@@H](Cc2ccccc2)C(=O)N2CCc3ccccc3C2)cc1. The maximum absolute atomic E-state index is 14.5. The van der Waals surface area contributed by atoms with Crippen LogP contribution in [-0.4, -0.2) is 65.5 Å². The normalized spacial score (nSPS) is 15.5. The lowest BCUT2D eigenvalue weighted by molar-refractivity contribution is -0.144. The zero-order valence-corrected chi connectivity index (χ0v) is 25.8. The van der Waals surface area contributed by atoms with Crippen LogP contribution in [0.5, 0.6) is 0 Å². The van der Waals surface area contributed by atoms with Gasteiger partial charge in [-0.15, -0.1) is 0 Å². The first kappa shape index (κ1) is 30.3. The number of benzene rings is 3. The lowest BCUT2D eigenvalue weighted by Crippen LogP contribution is -2.52. The van der Waals surface area contributed by atoms with E-state index in [0.717, 1.165) is 53.1 Å². The Kier molecular flexibility index (Phi) is 9.66. The lowest BCUT2D eigenvalue weighted by Gasteiger charge is -2.37. The molecular formula is C38H40N4O3. The van der Waals surface area contributed by atoms with Crippen molar-refractivity contribution in [3.8, 4) is 0 Å². The summed E-state index contributed by atoms with van der Waals surface area (Å²) in [5.41, 5.74) is 6.42. The van der Waals surface area contributed by atoms with E-state index in [4.69, 9.17) is 9.72 Å². The van der Waals surface area contributed by atoms with E-state index in [0.29, 0.717) is 32.7 Å². The van der Waals surface area contributed by atoms with Crippen molar-refractivity contribution in [3.63, 3.8) is 0 Å². The zero-order chi connectivity index (χ0) is 31.0. The molecule has 0 aliphatic carbocycles. The molecule has 6 rings (SSSR count). The molecular weight excluding hydrogens is 560 g/mol. The van der Waals surface area contributed by atoms with Gasteiger partial charge < -0.3 is 19.4 Å². The van der Waals surface area contributed by atoms with Gasteiger partial charge in [-0.1, -0.05) is 90.5 Å². The van der Waals surface area contributed by atoms with Crippen LogP contribution in [0.15, 0.2) is 103 Å². The molecule has 2 amide bonds. The van der Waals surface area contributed by atoms with Crippen LogP contribution in [0.1, 0.15) is 33.4 Å². The molecule has 7 heteroatoms. The molecule has 3 heterocycles. The lowest BCUT2D eigenvalue weighted by atomic mass is 9.97. The Balaban J connectivity index is 1.32. The third kappa shape index (κ3) is 7.67. The van der Waals surface area contributed by atoms with Gasteiger partial charge in [0.05, 0.1) is 13.2 Å². The van der Waals surface area contributed by atoms with Crippen LogP contribution >= 0.6 is 0 Å². The van der Waals surface area contributed by atoms with Crippen LogP contribution in [0.3, 0.4) is 0 Å². The quantitative estimate of drug-likeness (QED) is 0.239. The summed E-state index contributed by atoms with van der Waals surface area (Å²) >= 11 is 0. The fourth-order valence-corrected chi connectivity index (χ4v) is 6.03. The van der Waals surface area contributed by atoms with Gasteiger partial charge in [-0.05, 0) is 53.3 Å². The van der Waals surface area contributed by atoms with E-state index in [1.54, 1.807) is 11.0 Å². The predicted molar refractivity (Wildman–Crippen MR) is 178 cm³/mol. The first-order chi connectivity index (χ1) is 22.0. The highest BCUT2D eigenvalue weighted by Gasteiger charge is 2.34. The molecule has 0 radical (unpaired) electrons. The molecule has 0 saturated carbocycles. The number of carbonyl (C=O) groups excluding carboxylic acids is 2. The highest BCUT2D eigenvalue weighted by molar-refractivity contribution is 5.95. The number of morpholine rings is 1. The van der Waals surface area contributed by atoms with Crippen molar-refractivity contribution in [2.75, 3.05) is 37.7 Å². The van der Waals surface area contributed by atoms with E-state index in [1.165, 1.54) is 5.56 Å². The van der Waals surface area contributed by atoms with Crippen LogP contribution in [0.2, 0.25) is 0 Å². The third-order valence-corrected chi connectivity index (χ3v) is 8.65. The number of aromatic nitrogens is 1. The first-order valence-corrected chi connectivity index (χ1v) is 15.8. The minimum atomic E-state index is -0.688. The van der Waals surface area contributed by atoms with Gasteiger partial charge >= 0.3 is 0 Å². The van der Waals surface area contributed by atoms with Gasteiger partial charge in [-0.3, -0.25) is 9.59 Å². The molecule has 0 N–H and O–H groups in total. The molecule has 1 atom stereocenters. The number of hydrogen-bond acceptors (Lipinski definition) is 5. The Morgan fingerprint density at radius 1 is 0.867 bits per heavy atom. The Hall–Kier alpha value is -4.75. The fourth-order valence-electron chi connectivity index (χ4n) is 6.03. The van der Waals surface area contributed by atoms with Crippen molar-refractivity contribution in [1.82, 2.24) is 14.8 Å². The topological polar surface area (TPSA) is 66.0 Å². The molecule has 0 unspecified atom stereocenters. The molecule has 7 nitrogen and oxygen atoms in total. The van der Waals surface area contributed by atoms with E-state index >= 15 is 0 Å². The summed E-state index contributed by atoms with van der Waals surface area (Å²) < 4.78 is 5.50. The number of hydrogen-bond donors (Lipinski definition) is 0. The highest BCUT2D eigenvalue weighted by Crippen LogP contribution is 2.23. The van der Waals surface area contributed by atoms with E-state index < -0.39 is 6.04 Å². The second-order valence-corrected chi connectivity index (χ2v) is 11.8. The monoisotopic (exact) mass is 600 g/mol. The van der Waals surface area contributed by atoms with Crippen molar-refractivity contribution in [2.24, 2.45) is 0 Å². The zero-order valence-electron chi connectivity index (χ0n) is 25.8. The molecule has 45 heavy (non-hydrogen) atoms. The van der Waals surface area contributed by atoms with E-state index in [2.05, 4.69) is 17.0 Å². The average molecular weight is 601 g/mol. The third-order valence-electron chi connectivity index (χ3n) is 8.65. The Bertz CT molecular complexity index is 1610. The smallest absolute Gasteiger partial charge is 0.247 e. The Labute approximate surface area is 265 Å². The maximum atomic E-state index is 14.5. The number of carbonyl (C=O) groups is 2. The molecule has 0 spiro atoms. The molecule has 1 aromatic heterocycles. The summed E-state index contributed by atoms with van der Waals surface area (Å²) in [4.78, 5) is 39.2. The van der Waals surface area contributed by atoms with E-state index in [9.17, 15) is 9.59 Å². The van der Waals surface area contributed by atoms with Crippen molar-refractivity contribution >= 4 is 23.7 Å². The van der Waals surface area contributed by atoms with Gasteiger partial charge in [0.2, 0.25) is 11.8 Å². The number of anilines is 1. The maximum Gasteiger partial charge on any atom is 0.247 e. The first-order valence-electron chi connectivity index (χ1n) is 15.8. The van der Waals surface area contributed by atoms with Crippen LogP contribution in [0.4, 0.5) is 5.82 Å². The average Bonchev–Trinajstić information content (AvgIpc) is 3.10. The number of nitrogens with zero attached hydrogens (tertiary/aromatic N) is 4. The molecule has 4 aromatic rings. The van der Waals surface area contributed by atoms with E-state index in [1.807, 2.05) is 103 Å². The summed E-state index contributed by atoms with van der Waals surface area (Å²) in [6.45, 7) is 6.43. The van der Waals surface area contributed by atoms with Crippen molar-refractivity contribution < 1.29 is 14.3 Å². The minimum Gasteiger partial charge on any atom is -0.378 e. The molecule has 1 saturated heterocycles. The fraction of sp³-hybridized carbons (Fsp3) is 0.289. The van der Waals surface area contributed by atoms with Gasteiger partial charge in [-0.25, -0.2) is 4.98 Å². The van der Waals surface area contributed by atoms with Gasteiger partial charge in [0.25, 0.3) is 0 Å². The van der Waals surface area contributed by atoms with Crippen molar-refractivity contribution in [1.29, 1.82) is 0 Å². The molecule has 2 aliphatic rings. The van der Waals surface area contributed by atoms with Crippen LogP contribution in [0.25, 0.3) is 6.08 Å². The number of amides is 2. The van der Waals surface area contributed by atoms with E-state index in [-0.39, 0.29) is 18.4 Å². The highest BCUT2D eigenvalue weighted by atomic mass is 16.5. The van der Waals surface area contributed by atoms with Crippen LogP contribution in [0, 0.1) is 6.92 Å². The second-order valence-electron chi connectivity index (χ2n) is 11.8. The number of aryl methyl sites for hydroxylation is 1. The number of pyridine rings is 1. The largest absolute Gasteiger partial charge is 0.378 e. The molecule has 3 aromatic carbocycles. The predicted octanol–water partition coefficient (Wildman–Crippen LogP) is 5.46. The standard InChI is InChI=1S/C38H40N4O3/c1-29-11-13-30(14-12-29)16-18-37(43)42(27-32-15-17-36(39-26-32)40-21-23-45-24-22-40)35(25-31-7-3-2-4-8-31)38(44)41-20-19-33-9-5-6-10-34(33)28-41/h2-18,26,35H,19-25,27-28H2,1H3/t35-/m0/s1. The van der Waals surface area contributed by atoms with Gasteiger partial charge in [0.15, 0.2) is 0 Å². The summed E-state index contributed by atoms with van der Waals surface area (Å²) in [5, 5.41) is 0. The van der Waals surface area contributed by atoms with Crippen LogP contribution < -0.4 is 4.90 Å². The van der Waals surface area contributed by atoms with Gasteiger partial charge in [0, 0.05) is 51.4 Å².